The van der Waals surface area contributed by atoms with Crippen LogP contribution in [0.2, 0.25) is 0 Å². The molecule has 0 amide bonds. The Balaban J connectivity index is 1.76. The van der Waals surface area contributed by atoms with Gasteiger partial charge in [-0.3, -0.25) is 0 Å². The van der Waals surface area contributed by atoms with E-state index in [1.165, 1.54) is 25.7 Å². The molecule has 0 saturated heterocycles. The zero-order valence-corrected chi connectivity index (χ0v) is 11.7. The molecule has 2 atom stereocenters. The lowest BCUT2D eigenvalue weighted by molar-refractivity contribution is 0.480. The van der Waals surface area contributed by atoms with Gasteiger partial charge in [0, 0.05) is 10.4 Å². The van der Waals surface area contributed by atoms with E-state index in [2.05, 4.69) is 27.0 Å². The second kappa shape index (κ2) is 3.73. The quantitative estimate of drug-likeness (QED) is 0.787. The maximum absolute atomic E-state index is 6.03. The number of fused-ring (bicyclic) bond motifs is 2. The maximum atomic E-state index is 6.03. The Morgan fingerprint density at radius 2 is 1.94 bits per heavy atom. The van der Waals surface area contributed by atoms with Crippen LogP contribution in [0.15, 0.2) is 16.6 Å². The molecule has 2 aliphatic carbocycles. The highest BCUT2D eigenvalue weighted by molar-refractivity contribution is 9.10. The summed E-state index contributed by atoms with van der Waals surface area (Å²) in [5.74, 6) is 3.58. The van der Waals surface area contributed by atoms with Crippen LogP contribution in [-0.2, 0) is 0 Å². The normalized spacial score (nSPS) is 30.4. The number of aromatic nitrogens is 2. The van der Waals surface area contributed by atoms with E-state index in [1.54, 1.807) is 0 Å². The number of imidazole rings is 1. The van der Waals surface area contributed by atoms with Crippen molar-refractivity contribution in [3.8, 4) is 0 Å². The monoisotopic (exact) mass is 305 g/mol. The number of H-pyrrole nitrogens is 1. The van der Waals surface area contributed by atoms with Crippen LogP contribution in [0, 0.1) is 11.8 Å². The molecule has 2 fully saturated rings. The molecule has 0 aliphatic heterocycles. The molecule has 3 N–H and O–H groups in total. The van der Waals surface area contributed by atoms with E-state index in [-0.39, 0.29) is 0 Å². The Morgan fingerprint density at radius 1 is 1.22 bits per heavy atom. The number of benzene rings is 1. The maximum Gasteiger partial charge on any atom is 0.112 e. The number of hydrogen-bond donors (Lipinski definition) is 2. The molecule has 2 aromatic rings. The van der Waals surface area contributed by atoms with E-state index in [1.807, 2.05) is 6.07 Å². The Morgan fingerprint density at radius 3 is 2.67 bits per heavy atom. The molecule has 1 heterocycles. The van der Waals surface area contributed by atoms with Gasteiger partial charge in [0.15, 0.2) is 0 Å². The highest BCUT2D eigenvalue weighted by Crippen LogP contribution is 2.60. The summed E-state index contributed by atoms with van der Waals surface area (Å²) in [6, 6.07) is 3.99. The number of nitrogens with zero attached hydrogens (tertiary/aromatic N) is 1. The fourth-order valence-corrected chi connectivity index (χ4v) is 4.16. The molecule has 0 spiro atoms. The molecule has 4 heteroatoms. The third kappa shape index (κ3) is 1.51. The van der Waals surface area contributed by atoms with Crippen molar-refractivity contribution in [1.82, 2.24) is 9.97 Å². The van der Waals surface area contributed by atoms with Gasteiger partial charge in [0.2, 0.25) is 0 Å². The van der Waals surface area contributed by atoms with Crippen molar-refractivity contribution in [2.75, 3.05) is 5.73 Å². The van der Waals surface area contributed by atoms with Crippen LogP contribution in [0.5, 0.6) is 0 Å². The first kappa shape index (κ1) is 10.9. The number of hydrogen-bond acceptors (Lipinski definition) is 2. The summed E-state index contributed by atoms with van der Waals surface area (Å²) < 4.78 is 1.01. The van der Waals surface area contributed by atoms with Crippen LogP contribution in [0.3, 0.4) is 0 Å². The van der Waals surface area contributed by atoms with Gasteiger partial charge in [-0.2, -0.15) is 0 Å². The van der Waals surface area contributed by atoms with Crippen molar-refractivity contribution in [1.29, 1.82) is 0 Å². The number of rotatable bonds is 1. The number of halogens is 1. The average molecular weight is 306 g/mol. The summed E-state index contributed by atoms with van der Waals surface area (Å²) in [7, 11) is 0. The third-order valence-corrected chi connectivity index (χ3v) is 5.03. The zero-order valence-electron chi connectivity index (χ0n) is 10.1. The fraction of sp³-hybridized carbons (Fsp3) is 0.500. The molecule has 2 saturated carbocycles. The second-order valence-corrected chi connectivity index (χ2v) is 6.57. The summed E-state index contributed by atoms with van der Waals surface area (Å²) in [5.41, 5.74) is 8.76. The molecule has 1 aromatic heterocycles. The van der Waals surface area contributed by atoms with Crippen molar-refractivity contribution in [3.05, 3.63) is 22.4 Å². The van der Waals surface area contributed by atoms with Crippen LogP contribution in [0.4, 0.5) is 5.69 Å². The first-order chi connectivity index (χ1) is 8.74. The number of nitrogens with two attached hydrogens (primary N) is 1. The minimum absolute atomic E-state index is 0.665. The van der Waals surface area contributed by atoms with Crippen LogP contribution in [-0.4, -0.2) is 9.97 Å². The second-order valence-electron chi connectivity index (χ2n) is 5.65. The molecule has 4 rings (SSSR count). The summed E-state index contributed by atoms with van der Waals surface area (Å²) in [5, 5.41) is 0. The minimum atomic E-state index is 0.665. The average Bonchev–Trinajstić information content (AvgIpc) is 2.92. The summed E-state index contributed by atoms with van der Waals surface area (Å²) in [4.78, 5) is 8.21. The predicted octanol–water partition coefficient (Wildman–Crippen LogP) is 3.81. The Labute approximate surface area is 114 Å². The number of anilines is 1. The zero-order chi connectivity index (χ0) is 12.3. The molecule has 18 heavy (non-hydrogen) atoms. The van der Waals surface area contributed by atoms with Gasteiger partial charge in [-0.15, -0.1) is 0 Å². The SMILES string of the molecule is Nc1cc(Br)cc2[nH]c(C3C4CCCCC43)nc12. The fourth-order valence-electron chi connectivity index (χ4n) is 3.68. The van der Waals surface area contributed by atoms with Crippen molar-refractivity contribution >= 4 is 32.7 Å². The lowest BCUT2D eigenvalue weighted by atomic mass is 10.0. The van der Waals surface area contributed by atoms with Gasteiger partial charge in [-0.1, -0.05) is 28.8 Å². The van der Waals surface area contributed by atoms with Crippen molar-refractivity contribution < 1.29 is 0 Å². The molecule has 2 unspecified atom stereocenters. The molecule has 0 radical (unpaired) electrons. The van der Waals surface area contributed by atoms with Gasteiger partial charge in [0.1, 0.15) is 11.3 Å². The summed E-state index contributed by atoms with van der Waals surface area (Å²) in [6.07, 6.45) is 5.55. The topological polar surface area (TPSA) is 54.7 Å². The standard InChI is InChI=1S/C14H16BrN3/c15-7-5-10(16)13-11(6-7)17-14(18-13)12-8-3-1-2-4-9(8)12/h5-6,8-9,12H,1-4,16H2,(H,17,18). The number of aromatic amines is 1. The highest BCUT2D eigenvalue weighted by atomic mass is 79.9. The van der Waals surface area contributed by atoms with Crippen LogP contribution in [0.25, 0.3) is 11.0 Å². The van der Waals surface area contributed by atoms with Gasteiger partial charge in [-0.25, -0.2) is 4.98 Å². The van der Waals surface area contributed by atoms with Gasteiger partial charge in [0.25, 0.3) is 0 Å². The smallest absolute Gasteiger partial charge is 0.112 e. The molecular weight excluding hydrogens is 290 g/mol. The first-order valence-electron chi connectivity index (χ1n) is 6.68. The Bertz CT molecular complexity index is 607. The molecule has 1 aromatic carbocycles. The van der Waals surface area contributed by atoms with Crippen molar-refractivity contribution in [3.63, 3.8) is 0 Å². The van der Waals surface area contributed by atoms with E-state index < -0.39 is 0 Å². The number of nitrogens with one attached hydrogen (secondary N) is 1. The summed E-state index contributed by atoms with van der Waals surface area (Å²) >= 11 is 3.48. The highest BCUT2D eigenvalue weighted by Gasteiger charge is 2.52. The first-order valence-corrected chi connectivity index (χ1v) is 7.48. The predicted molar refractivity (Wildman–Crippen MR) is 76.4 cm³/mol. The largest absolute Gasteiger partial charge is 0.397 e. The van der Waals surface area contributed by atoms with Gasteiger partial charge >= 0.3 is 0 Å². The molecule has 3 nitrogen and oxygen atoms in total. The molecule has 2 aliphatic rings. The molecular formula is C14H16BrN3. The lowest BCUT2D eigenvalue weighted by Gasteiger charge is -2.04. The Kier molecular flexibility index (Phi) is 2.25. The summed E-state index contributed by atoms with van der Waals surface area (Å²) in [6.45, 7) is 0. The van der Waals surface area contributed by atoms with E-state index >= 15 is 0 Å². The molecule has 0 bridgehead atoms. The van der Waals surface area contributed by atoms with Gasteiger partial charge in [0.05, 0.1) is 11.2 Å². The van der Waals surface area contributed by atoms with E-state index in [0.717, 1.165) is 38.9 Å². The van der Waals surface area contributed by atoms with Crippen LogP contribution >= 0.6 is 15.9 Å². The Hall–Kier alpha value is -1.03. The van der Waals surface area contributed by atoms with Crippen molar-refractivity contribution in [2.24, 2.45) is 11.8 Å². The third-order valence-electron chi connectivity index (χ3n) is 4.57. The van der Waals surface area contributed by atoms with Crippen LogP contribution in [0.1, 0.15) is 37.4 Å². The van der Waals surface area contributed by atoms with E-state index in [9.17, 15) is 0 Å². The van der Waals surface area contributed by atoms with E-state index in [0.29, 0.717) is 5.92 Å². The van der Waals surface area contributed by atoms with Gasteiger partial charge < -0.3 is 10.7 Å². The van der Waals surface area contributed by atoms with E-state index in [4.69, 9.17) is 10.7 Å². The van der Waals surface area contributed by atoms with Crippen LogP contribution < -0.4 is 5.73 Å². The minimum Gasteiger partial charge on any atom is -0.397 e. The number of nitrogen functional groups attached to an aromatic ring is 1. The lowest BCUT2D eigenvalue weighted by Crippen LogP contribution is -1.91. The van der Waals surface area contributed by atoms with Gasteiger partial charge in [-0.05, 0) is 36.8 Å². The molecule has 94 valence electrons. The van der Waals surface area contributed by atoms with Crippen molar-refractivity contribution in [2.45, 2.75) is 31.6 Å².